The van der Waals surface area contributed by atoms with Crippen LogP contribution in [0.3, 0.4) is 0 Å². The van der Waals surface area contributed by atoms with Gasteiger partial charge in [-0.3, -0.25) is 19.8 Å². The van der Waals surface area contributed by atoms with E-state index in [1.807, 2.05) is 19.9 Å². The molecule has 2 unspecified atom stereocenters. The third kappa shape index (κ3) is 2.71. The Kier molecular flexibility index (Phi) is 3.55. The van der Waals surface area contributed by atoms with Gasteiger partial charge in [0.1, 0.15) is 0 Å². The molecule has 1 fully saturated rings. The number of anilines is 1. The van der Waals surface area contributed by atoms with E-state index in [1.54, 1.807) is 12.1 Å². The zero-order chi connectivity index (χ0) is 15.0. The molecular formula is C15H19N3O3. The number of rotatable bonds is 2. The van der Waals surface area contributed by atoms with Gasteiger partial charge in [-0.2, -0.15) is 0 Å². The summed E-state index contributed by atoms with van der Waals surface area (Å²) in [4.78, 5) is 23.8. The van der Waals surface area contributed by atoms with Crippen molar-refractivity contribution in [1.82, 2.24) is 10.2 Å². The molecule has 1 aromatic carbocycles. The maximum atomic E-state index is 12.0. The lowest BCUT2D eigenvalue weighted by atomic mass is 9.99. The standard InChI is InChI=1S/C15H19N3O3/c1-8-6-10(7-9(2)21-8)16-12-5-3-4-11-13(12)15(20)18-17-14(11)19/h3-5,8-10,16H,6-7H2,1-2H3,(H,17,19)(H,18,20). The maximum absolute atomic E-state index is 12.0. The van der Waals surface area contributed by atoms with Crippen LogP contribution in [-0.4, -0.2) is 28.4 Å². The van der Waals surface area contributed by atoms with Crippen molar-refractivity contribution in [3.05, 3.63) is 38.9 Å². The Labute approximate surface area is 121 Å². The number of hydrogen-bond donors (Lipinski definition) is 3. The van der Waals surface area contributed by atoms with Crippen molar-refractivity contribution in [2.24, 2.45) is 0 Å². The highest BCUT2D eigenvalue weighted by Crippen LogP contribution is 2.25. The zero-order valence-corrected chi connectivity index (χ0v) is 12.1. The van der Waals surface area contributed by atoms with Crippen LogP contribution in [0.5, 0.6) is 0 Å². The molecule has 1 saturated heterocycles. The van der Waals surface area contributed by atoms with Gasteiger partial charge in [0.25, 0.3) is 11.1 Å². The average molecular weight is 289 g/mol. The highest BCUT2D eigenvalue weighted by Gasteiger charge is 2.24. The Bertz CT molecular complexity index is 755. The molecule has 1 aliphatic heterocycles. The Morgan fingerprint density at radius 2 is 1.76 bits per heavy atom. The molecule has 0 spiro atoms. The molecule has 0 aliphatic carbocycles. The van der Waals surface area contributed by atoms with Crippen LogP contribution in [0.25, 0.3) is 10.8 Å². The Morgan fingerprint density at radius 1 is 1.10 bits per heavy atom. The summed E-state index contributed by atoms with van der Waals surface area (Å²) < 4.78 is 5.72. The largest absolute Gasteiger partial charge is 0.381 e. The van der Waals surface area contributed by atoms with Crippen LogP contribution in [0.15, 0.2) is 27.8 Å². The third-order valence-corrected chi connectivity index (χ3v) is 3.88. The molecule has 0 bridgehead atoms. The molecule has 0 radical (unpaired) electrons. The summed E-state index contributed by atoms with van der Waals surface area (Å²) in [5.41, 5.74) is 0.119. The van der Waals surface area contributed by atoms with Gasteiger partial charge in [0.05, 0.1) is 23.0 Å². The fourth-order valence-electron chi connectivity index (χ4n) is 3.09. The molecule has 6 heteroatoms. The fraction of sp³-hybridized carbons (Fsp3) is 0.467. The van der Waals surface area contributed by atoms with Crippen molar-refractivity contribution in [2.75, 3.05) is 5.32 Å². The Morgan fingerprint density at radius 3 is 2.48 bits per heavy atom. The van der Waals surface area contributed by atoms with Gasteiger partial charge in [0.15, 0.2) is 0 Å². The van der Waals surface area contributed by atoms with Crippen molar-refractivity contribution in [2.45, 2.75) is 44.9 Å². The molecule has 0 saturated carbocycles. The highest BCUT2D eigenvalue weighted by atomic mass is 16.5. The van der Waals surface area contributed by atoms with E-state index in [2.05, 4.69) is 15.5 Å². The molecule has 21 heavy (non-hydrogen) atoms. The van der Waals surface area contributed by atoms with E-state index in [0.717, 1.165) is 12.8 Å². The smallest absolute Gasteiger partial charge is 0.272 e. The van der Waals surface area contributed by atoms with E-state index in [4.69, 9.17) is 4.74 Å². The van der Waals surface area contributed by atoms with Gasteiger partial charge in [0.2, 0.25) is 0 Å². The van der Waals surface area contributed by atoms with Gasteiger partial charge in [0, 0.05) is 11.7 Å². The Balaban J connectivity index is 2.00. The minimum absolute atomic E-state index is 0.183. The second kappa shape index (κ2) is 5.37. The van der Waals surface area contributed by atoms with Gasteiger partial charge in [-0.15, -0.1) is 0 Å². The first-order valence-corrected chi connectivity index (χ1v) is 7.20. The van der Waals surface area contributed by atoms with E-state index in [0.29, 0.717) is 16.5 Å². The summed E-state index contributed by atoms with van der Waals surface area (Å²) in [6.45, 7) is 4.09. The lowest BCUT2D eigenvalue weighted by Crippen LogP contribution is -2.37. The lowest BCUT2D eigenvalue weighted by Gasteiger charge is -2.33. The lowest BCUT2D eigenvalue weighted by molar-refractivity contribution is -0.0337. The molecule has 3 rings (SSSR count). The quantitative estimate of drug-likeness (QED) is 0.783. The minimum atomic E-state index is -0.291. The number of hydrogen-bond acceptors (Lipinski definition) is 4. The molecular weight excluding hydrogens is 270 g/mol. The van der Waals surface area contributed by atoms with Crippen LogP contribution < -0.4 is 16.4 Å². The van der Waals surface area contributed by atoms with Gasteiger partial charge >= 0.3 is 0 Å². The van der Waals surface area contributed by atoms with Crippen LogP contribution in [0.2, 0.25) is 0 Å². The van der Waals surface area contributed by atoms with Crippen molar-refractivity contribution in [3.63, 3.8) is 0 Å². The molecule has 2 atom stereocenters. The average Bonchev–Trinajstić information content (AvgIpc) is 2.42. The normalized spacial score (nSPS) is 25.9. The molecule has 2 heterocycles. The summed E-state index contributed by atoms with van der Waals surface area (Å²) >= 11 is 0. The van der Waals surface area contributed by atoms with Crippen LogP contribution >= 0.6 is 0 Å². The van der Waals surface area contributed by atoms with Crippen molar-refractivity contribution in [1.29, 1.82) is 0 Å². The summed E-state index contributed by atoms with van der Waals surface area (Å²) in [5, 5.41) is 8.94. The first kappa shape index (κ1) is 13.9. The second-order valence-corrected chi connectivity index (χ2v) is 5.71. The number of aromatic amines is 2. The van der Waals surface area contributed by atoms with E-state index in [9.17, 15) is 9.59 Å². The summed E-state index contributed by atoms with van der Waals surface area (Å²) in [5.74, 6) is 0. The van der Waals surface area contributed by atoms with E-state index in [-0.39, 0.29) is 29.4 Å². The number of aromatic nitrogens is 2. The predicted molar refractivity (Wildman–Crippen MR) is 81.8 cm³/mol. The van der Waals surface area contributed by atoms with Crippen molar-refractivity contribution >= 4 is 16.5 Å². The van der Waals surface area contributed by atoms with Crippen LogP contribution in [0.4, 0.5) is 5.69 Å². The monoisotopic (exact) mass is 289 g/mol. The van der Waals surface area contributed by atoms with Gasteiger partial charge in [-0.1, -0.05) is 6.07 Å². The maximum Gasteiger partial charge on any atom is 0.272 e. The summed E-state index contributed by atoms with van der Waals surface area (Å²) in [7, 11) is 0. The fourth-order valence-corrected chi connectivity index (χ4v) is 3.09. The van der Waals surface area contributed by atoms with E-state index >= 15 is 0 Å². The molecule has 0 amide bonds. The van der Waals surface area contributed by atoms with E-state index < -0.39 is 0 Å². The molecule has 3 N–H and O–H groups in total. The topological polar surface area (TPSA) is 87.0 Å². The van der Waals surface area contributed by atoms with Gasteiger partial charge < -0.3 is 10.1 Å². The Hall–Kier alpha value is -2.08. The molecule has 6 nitrogen and oxygen atoms in total. The molecule has 1 aliphatic rings. The molecule has 112 valence electrons. The number of H-pyrrole nitrogens is 2. The predicted octanol–water partition coefficient (Wildman–Crippen LogP) is 1.58. The number of benzene rings is 1. The second-order valence-electron chi connectivity index (χ2n) is 5.71. The van der Waals surface area contributed by atoms with Gasteiger partial charge in [-0.25, -0.2) is 0 Å². The molecule has 2 aromatic rings. The van der Waals surface area contributed by atoms with Gasteiger partial charge in [-0.05, 0) is 38.8 Å². The van der Waals surface area contributed by atoms with Crippen LogP contribution in [0, 0.1) is 0 Å². The summed E-state index contributed by atoms with van der Waals surface area (Å²) in [6, 6.07) is 5.50. The SMILES string of the molecule is CC1CC(Nc2cccc3c(=O)[nH][nH]c(=O)c23)CC(C)O1. The highest BCUT2D eigenvalue weighted by molar-refractivity contribution is 5.92. The number of ether oxygens (including phenoxy) is 1. The number of nitrogens with one attached hydrogen (secondary N) is 3. The van der Waals surface area contributed by atoms with Crippen LogP contribution in [-0.2, 0) is 4.74 Å². The number of fused-ring (bicyclic) bond motifs is 1. The minimum Gasteiger partial charge on any atom is -0.381 e. The first-order chi connectivity index (χ1) is 10.0. The third-order valence-electron chi connectivity index (χ3n) is 3.88. The van der Waals surface area contributed by atoms with Crippen molar-refractivity contribution in [3.8, 4) is 0 Å². The first-order valence-electron chi connectivity index (χ1n) is 7.20. The van der Waals surface area contributed by atoms with Crippen molar-refractivity contribution < 1.29 is 4.74 Å². The zero-order valence-electron chi connectivity index (χ0n) is 12.1. The van der Waals surface area contributed by atoms with Crippen LogP contribution in [0.1, 0.15) is 26.7 Å². The summed E-state index contributed by atoms with van der Waals surface area (Å²) in [6.07, 6.45) is 2.12. The molecule has 1 aromatic heterocycles. The van der Waals surface area contributed by atoms with E-state index in [1.165, 1.54) is 0 Å².